The standard InChI is InChI=1S/C10H13N3O/c1-2-10(14-7-1)4-5-11-8-9-3-6-12-13-9/h1-3,6-7,11H,4-5,8H2,(H,12,13). The molecule has 0 fully saturated rings. The molecule has 0 aliphatic heterocycles. The molecule has 0 amide bonds. The molecule has 0 radical (unpaired) electrons. The minimum atomic E-state index is 0.820. The van der Waals surface area contributed by atoms with Gasteiger partial charge in [0.25, 0.3) is 0 Å². The molecule has 0 bridgehead atoms. The Bertz CT molecular complexity index is 303. The van der Waals surface area contributed by atoms with E-state index < -0.39 is 0 Å². The maximum Gasteiger partial charge on any atom is 0.105 e. The van der Waals surface area contributed by atoms with Crippen molar-refractivity contribution >= 4 is 0 Å². The molecule has 2 heterocycles. The Morgan fingerprint density at radius 3 is 3.14 bits per heavy atom. The third-order valence-corrected chi connectivity index (χ3v) is 2.00. The predicted molar refractivity (Wildman–Crippen MR) is 52.7 cm³/mol. The average Bonchev–Trinajstić information content (AvgIpc) is 2.86. The fourth-order valence-electron chi connectivity index (χ4n) is 1.27. The fourth-order valence-corrected chi connectivity index (χ4v) is 1.27. The van der Waals surface area contributed by atoms with Crippen molar-refractivity contribution in [2.75, 3.05) is 6.54 Å². The summed E-state index contributed by atoms with van der Waals surface area (Å²) in [5.41, 5.74) is 1.10. The molecule has 0 aromatic carbocycles. The zero-order valence-electron chi connectivity index (χ0n) is 7.86. The normalized spacial score (nSPS) is 10.6. The highest BCUT2D eigenvalue weighted by molar-refractivity contribution is 4.99. The molecule has 4 heteroatoms. The quantitative estimate of drug-likeness (QED) is 0.701. The molecule has 0 unspecified atom stereocenters. The number of H-pyrrole nitrogens is 1. The number of furan rings is 1. The van der Waals surface area contributed by atoms with Crippen LogP contribution in [-0.2, 0) is 13.0 Å². The van der Waals surface area contributed by atoms with Crippen LogP contribution >= 0.6 is 0 Å². The number of rotatable bonds is 5. The number of hydrogen-bond acceptors (Lipinski definition) is 3. The van der Waals surface area contributed by atoms with E-state index in [2.05, 4.69) is 15.5 Å². The van der Waals surface area contributed by atoms with Crippen molar-refractivity contribution in [3.05, 3.63) is 42.1 Å². The maximum absolute atomic E-state index is 5.21. The van der Waals surface area contributed by atoms with E-state index in [4.69, 9.17) is 4.42 Å². The second kappa shape index (κ2) is 4.62. The highest BCUT2D eigenvalue weighted by atomic mass is 16.3. The predicted octanol–water partition coefficient (Wildman–Crippen LogP) is 1.33. The summed E-state index contributed by atoms with van der Waals surface area (Å²) in [4.78, 5) is 0. The van der Waals surface area contributed by atoms with Crippen molar-refractivity contribution in [2.24, 2.45) is 0 Å². The zero-order valence-corrected chi connectivity index (χ0v) is 7.86. The summed E-state index contributed by atoms with van der Waals surface area (Å²) in [6.07, 6.45) is 4.37. The van der Waals surface area contributed by atoms with Crippen molar-refractivity contribution in [1.82, 2.24) is 15.5 Å². The van der Waals surface area contributed by atoms with Gasteiger partial charge in [0, 0.05) is 31.4 Å². The van der Waals surface area contributed by atoms with Crippen LogP contribution in [0, 0.1) is 0 Å². The van der Waals surface area contributed by atoms with Crippen LogP contribution in [0.5, 0.6) is 0 Å². The lowest BCUT2D eigenvalue weighted by atomic mass is 10.3. The molecule has 0 saturated heterocycles. The molecule has 0 saturated carbocycles. The first-order valence-electron chi connectivity index (χ1n) is 4.66. The molecule has 2 aromatic heterocycles. The molecule has 2 N–H and O–H groups in total. The molecule has 2 rings (SSSR count). The Morgan fingerprint density at radius 2 is 2.43 bits per heavy atom. The van der Waals surface area contributed by atoms with E-state index >= 15 is 0 Å². The Morgan fingerprint density at radius 1 is 1.43 bits per heavy atom. The van der Waals surface area contributed by atoms with Gasteiger partial charge in [0.2, 0.25) is 0 Å². The van der Waals surface area contributed by atoms with Crippen LogP contribution in [0.2, 0.25) is 0 Å². The van der Waals surface area contributed by atoms with Crippen LogP contribution in [0.25, 0.3) is 0 Å². The first-order valence-corrected chi connectivity index (χ1v) is 4.66. The minimum absolute atomic E-state index is 0.820. The molecule has 0 aliphatic carbocycles. The molecule has 14 heavy (non-hydrogen) atoms. The van der Waals surface area contributed by atoms with Gasteiger partial charge in [-0.1, -0.05) is 0 Å². The lowest BCUT2D eigenvalue weighted by molar-refractivity contribution is 0.498. The SMILES string of the molecule is c1coc(CCNCc2ccn[nH]2)c1. The van der Waals surface area contributed by atoms with Crippen molar-refractivity contribution in [3.8, 4) is 0 Å². The van der Waals surface area contributed by atoms with Gasteiger partial charge < -0.3 is 9.73 Å². The van der Waals surface area contributed by atoms with E-state index in [0.29, 0.717) is 0 Å². The van der Waals surface area contributed by atoms with Crippen LogP contribution in [0.3, 0.4) is 0 Å². The van der Waals surface area contributed by atoms with E-state index in [1.807, 2.05) is 18.2 Å². The largest absolute Gasteiger partial charge is 0.469 e. The van der Waals surface area contributed by atoms with Gasteiger partial charge in [-0.25, -0.2) is 0 Å². The summed E-state index contributed by atoms with van der Waals surface area (Å²) in [5, 5.41) is 10.1. The highest BCUT2D eigenvalue weighted by Gasteiger charge is 1.95. The summed E-state index contributed by atoms with van der Waals surface area (Å²) in [6, 6.07) is 5.85. The average molecular weight is 191 g/mol. The van der Waals surface area contributed by atoms with Crippen molar-refractivity contribution in [3.63, 3.8) is 0 Å². The number of hydrogen-bond donors (Lipinski definition) is 2. The molecule has 0 atom stereocenters. The van der Waals surface area contributed by atoms with Gasteiger partial charge in [-0.2, -0.15) is 5.10 Å². The molecule has 74 valence electrons. The maximum atomic E-state index is 5.21. The van der Waals surface area contributed by atoms with Crippen molar-refractivity contribution in [1.29, 1.82) is 0 Å². The minimum Gasteiger partial charge on any atom is -0.469 e. The van der Waals surface area contributed by atoms with E-state index in [1.54, 1.807) is 12.5 Å². The van der Waals surface area contributed by atoms with Gasteiger partial charge in [0.05, 0.1) is 6.26 Å². The summed E-state index contributed by atoms with van der Waals surface area (Å²) < 4.78 is 5.21. The molecule has 2 aromatic rings. The van der Waals surface area contributed by atoms with E-state index in [-0.39, 0.29) is 0 Å². The summed E-state index contributed by atoms with van der Waals surface area (Å²) in [7, 11) is 0. The zero-order chi connectivity index (χ0) is 9.64. The summed E-state index contributed by atoms with van der Waals surface area (Å²) in [6.45, 7) is 1.73. The Labute approximate surface area is 82.3 Å². The Kier molecular flexibility index (Phi) is 2.98. The van der Waals surface area contributed by atoms with Crippen molar-refractivity contribution in [2.45, 2.75) is 13.0 Å². The summed E-state index contributed by atoms with van der Waals surface area (Å²) in [5.74, 6) is 1.02. The van der Waals surface area contributed by atoms with Crippen LogP contribution in [0.15, 0.2) is 35.1 Å². The van der Waals surface area contributed by atoms with Crippen LogP contribution in [0.1, 0.15) is 11.5 Å². The first kappa shape index (κ1) is 9.02. The molecular weight excluding hydrogens is 178 g/mol. The van der Waals surface area contributed by atoms with E-state index in [1.165, 1.54) is 0 Å². The second-order valence-corrected chi connectivity index (χ2v) is 3.09. The number of nitrogens with one attached hydrogen (secondary N) is 2. The van der Waals surface area contributed by atoms with Gasteiger partial charge in [-0.3, -0.25) is 5.10 Å². The smallest absolute Gasteiger partial charge is 0.105 e. The van der Waals surface area contributed by atoms with Crippen LogP contribution in [-0.4, -0.2) is 16.7 Å². The van der Waals surface area contributed by atoms with E-state index in [0.717, 1.165) is 31.0 Å². The van der Waals surface area contributed by atoms with Gasteiger partial charge in [0.15, 0.2) is 0 Å². The third-order valence-electron chi connectivity index (χ3n) is 2.00. The third kappa shape index (κ3) is 2.47. The molecule has 0 aliphatic rings. The highest BCUT2D eigenvalue weighted by Crippen LogP contribution is 1.99. The number of aromatic amines is 1. The van der Waals surface area contributed by atoms with E-state index in [9.17, 15) is 0 Å². The molecular formula is C10H13N3O. The number of aromatic nitrogens is 2. The topological polar surface area (TPSA) is 53.9 Å². The van der Waals surface area contributed by atoms with Crippen molar-refractivity contribution < 1.29 is 4.42 Å². The molecule has 0 spiro atoms. The van der Waals surface area contributed by atoms with Gasteiger partial charge in [-0.15, -0.1) is 0 Å². The Balaban J connectivity index is 1.65. The lowest BCUT2D eigenvalue weighted by Crippen LogP contribution is -2.16. The fraction of sp³-hybridized carbons (Fsp3) is 0.300. The second-order valence-electron chi connectivity index (χ2n) is 3.09. The lowest BCUT2D eigenvalue weighted by Gasteiger charge is -2.00. The number of nitrogens with zero attached hydrogens (tertiary/aromatic N) is 1. The monoisotopic (exact) mass is 191 g/mol. The Hall–Kier alpha value is -1.55. The summed E-state index contributed by atoms with van der Waals surface area (Å²) >= 11 is 0. The van der Waals surface area contributed by atoms with Gasteiger partial charge >= 0.3 is 0 Å². The molecule has 4 nitrogen and oxygen atoms in total. The first-order chi connectivity index (χ1) is 6.95. The van der Waals surface area contributed by atoms with Gasteiger partial charge in [0.1, 0.15) is 5.76 Å². The van der Waals surface area contributed by atoms with Crippen LogP contribution < -0.4 is 5.32 Å². The van der Waals surface area contributed by atoms with Gasteiger partial charge in [-0.05, 0) is 18.2 Å². The van der Waals surface area contributed by atoms with Crippen LogP contribution in [0.4, 0.5) is 0 Å².